The minimum atomic E-state index is -0.409. The molecule has 14 heavy (non-hydrogen) atoms. The summed E-state index contributed by atoms with van der Waals surface area (Å²) in [6.07, 6.45) is 0. The lowest BCUT2D eigenvalue weighted by Crippen LogP contribution is -1.91. The average Bonchev–Trinajstić information content (AvgIpc) is 2.51. The summed E-state index contributed by atoms with van der Waals surface area (Å²) >= 11 is 1.27. The van der Waals surface area contributed by atoms with E-state index in [1.807, 2.05) is 0 Å². The van der Waals surface area contributed by atoms with Crippen LogP contribution in [0.2, 0.25) is 0 Å². The van der Waals surface area contributed by atoms with E-state index in [9.17, 15) is 15.2 Å². The van der Waals surface area contributed by atoms with Crippen LogP contribution in [0.1, 0.15) is 5.56 Å². The second kappa shape index (κ2) is 2.95. The fraction of sp³-hybridized carbons (Fsp3) is 0.111. The van der Waals surface area contributed by atoms with E-state index in [0.29, 0.717) is 15.6 Å². The first-order chi connectivity index (χ1) is 6.61. The lowest BCUT2D eigenvalue weighted by molar-refractivity contribution is -0.383. The van der Waals surface area contributed by atoms with Crippen LogP contribution in [0.25, 0.3) is 10.1 Å². The van der Waals surface area contributed by atoms with Gasteiger partial charge < -0.3 is 5.11 Å². The summed E-state index contributed by atoms with van der Waals surface area (Å²) in [6.45, 7) is 1.62. The number of rotatable bonds is 1. The number of hydrogen-bond donors (Lipinski definition) is 1. The van der Waals surface area contributed by atoms with E-state index in [4.69, 9.17) is 0 Å². The Hall–Kier alpha value is -1.62. The number of aryl methyl sites for hydroxylation is 1. The molecule has 72 valence electrons. The van der Waals surface area contributed by atoms with Gasteiger partial charge in [-0.1, -0.05) is 0 Å². The van der Waals surface area contributed by atoms with Crippen LogP contribution >= 0.6 is 11.3 Å². The molecule has 0 radical (unpaired) electrons. The van der Waals surface area contributed by atoms with Crippen LogP contribution in [0.3, 0.4) is 0 Å². The molecule has 0 fully saturated rings. The van der Waals surface area contributed by atoms with Crippen molar-refractivity contribution in [3.8, 4) is 5.75 Å². The zero-order chi connectivity index (χ0) is 10.3. The first kappa shape index (κ1) is 8.96. The first-order valence-corrected chi connectivity index (χ1v) is 4.83. The minimum absolute atomic E-state index is 0.0906. The zero-order valence-corrected chi connectivity index (χ0v) is 8.17. The van der Waals surface area contributed by atoms with Crippen LogP contribution in [-0.4, -0.2) is 10.0 Å². The number of nitro groups is 1. The summed E-state index contributed by atoms with van der Waals surface area (Å²) in [7, 11) is 0. The van der Waals surface area contributed by atoms with Crippen LogP contribution in [0.15, 0.2) is 17.5 Å². The first-order valence-electron chi connectivity index (χ1n) is 3.95. The lowest BCUT2D eigenvalue weighted by atomic mass is 10.1. The Kier molecular flexibility index (Phi) is 1.89. The molecule has 0 aliphatic rings. The summed E-state index contributed by atoms with van der Waals surface area (Å²) < 4.78 is 0.535. The molecule has 5 heteroatoms. The summed E-state index contributed by atoms with van der Waals surface area (Å²) in [5.74, 6) is 0.101. The Balaban J connectivity index is 2.93. The number of thiophene rings is 1. The number of hydrogen-bond acceptors (Lipinski definition) is 4. The van der Waals surface area contributed by atoms with Gasteiger partial charge in [-0.3, -0.25) is 10.1 Å². The second-order valence-electron chi connectivity index (χ2n) is 2.98. The molecular formula is C9H7NO3S. The van der Waals surface area contributed by atoms with Gasteiger partial charge in [0.2, 0.25) is 0 Å². The monoisotopic (exact) mass is 209 g/mol. The van der Waals surface area contributed by atoms with Crippen molar-refractivity contribution in [1.29, 1.82) is 0 Å². The van der Waals surface area contributed by atoms with Crippen LogP contribution in [0.4, 0.5) is 5.69 Å². The third-order valence-electron chi connectivity index (χ3n) is 2.07. The maximum Gasteiger partial charge on any atom is 0.290 e. The van der Waals surface area contributed by atoms with E-state index < -0.39 is 4.92 Å². The van der Waals surface area contributed by atoms with Crippen LogP contribution in [-0.2, 0) is 0 Å². The van der Waals surface area contributed by atoms with E-state index >= 15 is 0 Å². The lowest BCUT2D eigenvalue weighted by Gasteiger charge is -2.00. The van der Waals surface area contributed by atoms with Gasteiger partial charge in [-0.2, -0.15) is 0 Å². The van der Waals surface area contributed by atoms with Crippen molar-refractivity contribution < 1.29 is 10.0 Å². The van der Waals surface area contributed by atoms with Gasteiger partial charge in [0.15, 0.2) is 0 Å². The zero-order valence-electron chi connectivity index (χ0n) is 7.35. The van der Waals surface area contributed by atoms with Crippen molar-refractivity contribution in [3.63, 3.8) is 0 Å². The van der Waals surface area contributed by atoms with E-state index in [1.165, 1.54) is 17.4 Å². The minimum Gasteiger partial charge on any atom is -0.507 e. The number of phenols is 1. The van der Waals surface area contributed by atoms with E-state index in [1.54, 1.807) is 18.4 Å². The highest BCUT2D eigenvalue weighted by Gasteiger charge is 2.19. The van der Waals surface area contributed by atoms with Gasteiger partial charge in [-0.15, -0.1) is 11.3 Å². The highest BCUT2D eigenvalue weighted by atomic mass is 32.1. The Labute approximate surface area is 83.6 Å². The topological polar surface area (TPSA) is 63.4 Å². The third-order valence-corrected chi connectivity index (χ3v) is 2.99. The molecule has 0 atom stereocenters. The number of benzene rings is 1. The summed E-state index contributed by atoms with van der Waals surface area (Å²) in [4.78, 5) is 10.4. The van der Waals surface area contributed by atoms with Crippen molar-refractivity contribution in [2.24, 2.45) is 0 Å². The van der Waals surface area contributed by atoms with Crippen molar-refractivity contribution >= 4 is 27.1 Å². The van der Waals surface area contributed by atoms with Gasteiger partial charge in [0.1, 0.15) is 10.4 Å². The maximum atomic E-state index is 10.8. The van der Waals surface area contributed by atoms with E-state index in [2.05, 4.69) is 0 Å². The number of fused-ring (bicyclic) bond motifs is 1. The molecule has 2 rings (SSSR count). The highest BCUT2D eigenvalue weighted by molar-refractivity contribution is 7.17. The van der Waals surface area contributed by atoms with Gasteiger partial charge in [0, 0.05) is 10.9 Å². The molecule has 1 aromatic heterocycles. The van der Waals surface area contributed by atoms with E-state index in [-0.39, 0.29) is 11.4 Å². The van der Waals surface area contributed by atoms with Gasteiger partial charge in [0.25, 0.3) is 5.69 Å². The Bertz CT molecular complexity index is 518. The molecule has 2 aromatic rings. The molecule has 1 aromatic carbocycles. The van der Waals surface area contributed by atoms with Gasteiger partial charge in [-0.25, -0.2) is 0 Å². The fourth-order valence-electron chi connectivity index (χ4n) is 1.45. The molecule has 0 bridgehead atoms. The molecule has 0 saturated carbocycles. The number of nitrogens with zero attached hydrogens (tertiary/aromatic N) is 1. The largest absolute Gasteiger partial charge is 0.507 e. The quantitative estimate of drug-likeness (QED) is 0.580. The average molecular weight is 209 g/mol. The van der Waals surface area contributed by atoms with Gasteiger partial charge in [-0.05, 0) is 24.4 Å². The number of phenolic OH excluding ortho intramolecular Hbond substituents is 1. The fourth-order valence-corrected chi connectivity index (χ4v) is 2.44. The van der Waals surface area contributed by atoms with Crippen LogP contribution in [0, 0.1) is 17.0 Å². The summed E-state index contributed by atoms with van der Waals surface area (Å²) in [6, 6.07) is 3.11. The highest BCUT2D eigenvalue weighted by Crippen LogP contribution is 2.38. The summed E-state index contributed by atoms with van der Waals surface area (Å²) in [5.41, 5.74) is 0.579. The van der Waals surface area contributed by atoms with Crippen molar-refractivity contribution in [1.82, 2.24) is 0 Å². The Morgan fingerprint density at radius 1 is 1.57 bits per heavy atom. The summed E-state index contributed by atoms with van der Waals surface area (Å²) in [5, 5.41) is 22.6. The van der Waals surface area contributed by atoms with Crippen molar-refractivity contribution in [2.45, 2.75) is 6.92 Å². The molecule has 0 unspecified atom stereocenters. The standard InChI is InChI=1S/C9H7NO3S/c1-5-4-7(11)6-2-3-14-9(6)8(5)10(12)13/h2-4,11H,1H3. The Morgan fingerprint density at radius 3 is 2.93 bits per heavy atom. The van der Waals surface area contributed by atoms with Crippen LogP contribution < -0.4 is 0 Å². The Morgan fingerprint density at radius 2 is 2.29 bits per heavy atom. The second-order valence-corrected chi connectivity index (χ2v) is 3.90. The molecule has 0 saturated heterocycles. The molecule has 0 aliphatic carbocycles. The molecule has 1 N–H and O–H groups in total. The maximum absolute atomic E-state index is 10.8. The van der Waals surface area contributed by atoms with Gasteiger partial charge >= 0.3 is 0 Å². The number of nitro benzene ring substituents is 1. The molecular weight excluding hydrogens is 202 g/mol. The van der Waals surface area contributed by atoms with Crippen molar-refractivity contribution in [3.05, 3.63) is 33.2 Å². The molecule has 0 spiro atoms. The predicted octanol–water partition coefficient (Wildman–Crippen LogP) is 2.82. The molecule has 1 heterocycles. The SMILES string of the molecule is Cc1cc(O)c2ccsc2c1[N+](=O)[O-]. The normalized spacial score (nSPS) is 10.6. The van der Waals surface area contributed by atoms with E-state index in [0.717, 1.165) is 0 Å². The van der Waals surface area contributed by atoms with Crippen LogP contribution in [0.5, 0.6) is 5.75 Å². The number of aromatic hydroxyl groups is 1. The van der Waals surface area contributed by atoms with Crippen molar-refractivity contribution in [2.75, 3.05) is 0 Å². The predicted molar refractivity (Wildman–Crippen MR) is 54.9 cm³/mol. The van der Waals surface area contributed by atoms with Gasteiger partial charge in [0.05, 0.1) is 4.92 Å². The third kappa shape index (κ3) is 1.13. The smallest absolute Gasteiger partial charge is 0.290 e. The molecule has 0 amide bonds. The molecule has 0 aliphatic heterocycles. The molecule has 4 nitrogen and oxygen atoms in total.